The summed E-state index contributed by atoms with van der Waals surface area (Å²) in [6, 6.07) is 9.96. The normalized spacial score (nSPS) is 10.4. The maximum Gasteiger partial charge on any atom is 0.220 e. The highest BCUT2D eigenvalue weighted by Gasteiger charge is 2.03. The molecule has 0 saturated heterocycles. The molecule has 1 aromatic heterocycles. The van der Waals surface area contributed by atoms with Crippen LogP contribution in [0, 0.1) is 6.92 Å². The average molecular weight is 214 g/mol. The molecule has 0 aliphatic carbocycles. The number of nitrogens with two attached hydrogens (primary N) is 2. The maximum absolute atomic E-state index is 5.62. The Bertz CT molecular complexity index is 491. The number of anilines is 1. The summed E-state index contributed by atoms with van der Waals surface area (Å²) in [6.07, 6.45) is 0. The van der Waals surface area contributed by atoms with Crippen LogP contribution in [-0.2, 0) is 6.54 Å². The first kappa shape index (κ1) is 10.6. The molecule has 4 nitrogen and oxygen atoms in total. The third-order valence-electron chi connectivity index (χ3n) is 2.35. The molecule has 0 amide bonds. The van der Waals surface area contributed by atoms with Crippen LogP contribution in [0.2, 0.25) is 0 Å². The predicted molar refractivity (Wildman–Crippen MR) is 64.5 cm³/mol. The minimum atomic E-state index is 0.263. The van der Waals surface area contributed by atoms with Crippen molar-refractivity contribution in [2.24, 2.45) is 5.73 Å². The lowest BCUT2D eigenvalue weighted by molar-refractivity contribution is 0.974. The summed E-state index contributed by atoms with van der Waals surface area (Å²) >= 11 is 0. The first-order valence-electron chi connectivity index (χ1n) is 5.09. The third-order valence-corrected chi connectivity index (χ3v) is 2.35. The molecule has 2 aromatic rings. The SMILES string of the molecule is Cc1ccc(-c2cc(CN)nc(N)n2)cc1. The molecule has 82 valence electrons. The fourth-order valence-corrected chi connectivity index (χ4v) is 1.49. The van der Waals surface area contributed by atoms with E-state index in [1.54, 1.807) is 0 Å². The van der Waals surface area contributed by atoms with Gasteiger partial charge in [0.15, 0.2) is 0 Å². The highest BCUT2D eigenvalue weighted by molar-refractivity contribution is 5.60. The molecule has 16 heavy (non-hydrogen) atoms. The van der Waals surface area contributed by atoms with Gasteiger partial charge in [0.1, 0.15) is 0 Å². The van der Waals surface area contributed by atoms with E-state index in [4.69, 9.17) is 11.5 Å². The van der Waals surface area contributed by atoms with Crippen molar-refractivity contribution >= 4 is 5.95 Å². The lowest BCUT2D eigenvalue weighted by atomic mass is 10.1. The van der Waals surface area contributed by atoms with Crippen LogP contribution in [0.15, 0.2) is 30.3 Å². The van der Waals surface area contributed by atoms with E-state index < -0.39 is 0 Å². The summed E-state index contributed by atoms with van der Waals surface area (Å²) < 4.78 is 0. The Labute approximate surface area is 94.3 Å². The van der Waals surface area contributed by atoms with E-state index >= 15 is 0 Å². The Hall–Kier alpha value is -1.94. The van der Waals surface area contributed by atoms with Crippen molar-refractivity contribution in [3.63, 3.8) is 0 Å². The number of hydrogen-bond donors (Lipinski definition) is 2. The van der Waals surface area contributed by atoms with E-state index in [-0.39, 0.29) is 5.95 Å². The van der Waals surface area contributed by atoms with Crippen molar-refractivity contribution in [1.29, 1.82) is 0 Å². The number of nitrogens with zero attached hydrogens (tertiary/aromatic N) is 2. The van der Waals surface area contributed by atoms with E-state index in [1.165, 1.54) is 5.56 Å². The quantitative estimate of drug-likeness (QED) is 0.794. The first-order valence-corrected chi connectivity index (χ1v) is 5.09. The van der Waals surface area contributed by atoms with Crippen LogP contribution in [0.1, 0.15) is 11.3 Å². The average Bonchev–Trinajstić information content (AvgIpc) is 2.29. The van der Waals surface area contributed by atoms with Crippen LogP contribution < -0.4 is 11.5 Å². The van der Waals surface area contributed by atoms with Crippen LogP contribution in [0.25, 0.3) is 11.3 Å². The standard InChI is InChI=1S/C12H14N4/c1-8-2-4-9(5-3-8)11-6-10(7-13)15-12(14)16-11/h2-6H,7,13H2,1H3,(H2,14,15,16). The molecule has 0 aliphatic heterocycles. The van der Waals surface area contributed by atoms with Crippen molar-refractivity contribution < 1.29 is 0 Å². The van der Waals surface area contributed by atoms with Crippen molar-refractivity contribution in [1.82, 2.24) is 9.97 Å². The van der Waals surface area contributed by atoms with Crippen molar-refractivity contribution in [3.05, 3.63) is 41.6 Å². The minimum Gasteiger partial charge on any atom is -0.368 e. The molecule has 1 aromatic carbocycles. The van der Waals surface area contributed by atoms with Gasteiger partial charge in [-0.05, 0) is 13.0 Å². The van der Waals surface area contributed by atoms with Crippen molar-refractivity contribution in [3.8, 4) is 11.3 Å². The van der Waals surface area contributed by atoms with Crippen LogP contribution in [0.5, 0.6) is 0 Å². The van der Waals surface area contributed by atoms with E-state index in [0.29, 0.717) is 6.54 Å². The lowest BCUT2D eigenvalue weighted by Gasteiger charge is -2.04. The summed E-state index contributed by atoms with van der Waals surface area (Å²) in [6.45, 7) is 2.41. The highest BCUT2D eigenvalue weighted by atomic mass is 15.0. The Kier molecular flexibility index (Phi) is 2.83. The molecule has 0 bridgehead atoms. The van der Waals surface area contributed by atoms with Gasteiger partial charge in [-0.3, -0.25) is 0 Å². The van der Waals surface area contributed by atoms with Crippen molar-refractivity contribution in [2.45, 2.75) is 13.5 Å². The minimum absolute atomic E-state index is 0.263. The van der Waals surface area contributed by atoms with Crippen LogP contribution in [-0.4, -0.2) is 9.97 Å². The van der Waals surface area contributed by atoms with E-state index in [1.807, 2.05) is 37.3 Å². The number of aryl methyl sites for hydroxylation is 1. The zero-order chi connectivity index (χ0) is 11.5. The number of rotatable bonds is 2. The second kappa shape index (κ2) is 4.28. The molecule has 0 unspecified atom stereocenters. The van der Waals surface area contributed by atoms with Crippen LogP contribution in [0.3, 0.4) is 0 Å². The predicted octanol–water partition coefficient (Wildman–Crippen LogP) is 1.49. The van der Waals surface area contributed by atoms with Gasteiger partial charge < -0.3 is 11.5 Å². The zero-order valence-corrected chi connectivity index (χ0v) is 9.14. The lowest BCUT2D eigenvalue weighted by Crippen LogP contribution is -2.05. The highest BCUT2D eigenvalue weighted by Crippen LogP contribution is 2.18. The second-order valence-corrected chi connectivity index (χ2v) is 3.67. The van der Waals surface area contributed by atoms with Gasteiger partial charge in [-0.1, -0.05) is 29.8 Å². The molecular formula is C12H14N4. The van der Waals surface area contributed by atoms with E-state index in [0.717, 1.165) is 17.0 Å². The van der Waals surface area contributed by atoms with E-state index in [2.05, 4.69) is 9.97 Å². The molecule has 2 rings (SSSR count). The molecule has 0 atom stereocenters. The molecule has 4 N–H and O–H groups in total. The van der Waals surface area contributed by atoms with Gasteiger partial charge in [-0.15, -0.1) is 0 Å². The Morgan fingerprint density at radius 3 is 2.44 bits per heavy atom. The van der Waals surface area contributed by atoms with Gasteiger partial charge in [-0.25, -0.2) is 9.97 Å². The summed E-state index contributed by atoms with van der Waals surface area (Å²) in [7, 11) is 0. The molecule has 4 heteroatoms. The number of benzene rings is 1. The molecule has 0 fully saturated rings. The van der Waals surface area contributed by atoms with Gasteiger partial charge in [0, 0.05) is 12.1 Å². The molecular weight excluding hydrogens is 200 g/mol. The van der Waals surface area contributed by atoms with Crippen LogP contribution in [0.4, 0.5) is 5.95 Å². The van der Waals surface area contributed by atoms with E-state index in [9.17, 15) is 0 Å². The molecule has 1 heterocycles. The topological polar surface area (TPSA) is 77.8 Å². The number of hydrogen-bond acceptors (Lipinski definition) is 4. The summed E-state index contributed by atoms with van der Waals surface area (Å²) in [5.74, 6) is 0.263. The number of nitrogen functional groups attached to an aromatic ring is 1. The van der Waals surface area contributed by atoms with Crippen LogP contribution >= 0.6 is 0 Å². The number of aromatic nitrogens is 2. The third kappa shape index (κ3) is 2.17. The molecule has 0 aliphatic rings. The Morgan fingerprint density at radius 1 is 1.12 bits per heavy atom. The zero-order valence-electron chi connectivity index (χ0n) is 9.14. The molecule has 0 saturated carbocycles. The summed E-state index contributed by atoms with van der Waals surface area (Å²) in [4.78, 5) is 8.23. The van der Waals surface area contributed by atoms with Gasteiger partial charge in [0.2, 0.25) is 5.95 Å². The largest absolute Gasteiger partial charge is 0.368 e. The molecule has 0 spiro atoms. The fourth-order valence-electron chi connectivity index (χ4n) is 1.49. The van der Waals surface area contributed by atoms with Gasteiger partial charge in [0.05, 0.1) is 11.4 Å². The maximum atomic E-state index is 5.62. The van der Waals surface area contributed by atoms with Gasteiger partial charge >= 0.3 is 0 Å². The second-order valence-electron chi connectivity index (χ2n) is 3.67. The fraction of sp³-hybridized carbons (Fsp3) is 0.167. The monoisotopic (exact) mass is 214 g/mol. The van der Waals surface area contributed by atoms with Crippen molar-refractivity contribution in [2.75, 3.05) is 5.73 Å². The summed E-state index contributed by atoms with van der Waals surface area (Å²) in [5.41, 5.74) is 15.0. The molecule has 0 radical (unpaired) electrons. The smallest absolute Gasteiger partial charge is 0.220 e. The van der Waals surface area contributed by atoms with Gasteiger partial charge in [-0.2, -0.15) is 0 Å². The summed E-state index contributed by atoms with van der Waals surface area (Å²) in [5, 5.41) is 0. The Balaban J connectivity index is 2.47. The van der Waals surface area contributed by atoms with Gasteiger partial charge in [0.25, 0.3) is 0 Å². The first-order chi connectivity index (χ1) is 7.69. The Morgan fingerprint density at radius 2 is 1.81 bits per heavy atom.